The normalized spacial score (nSPS) is 11.3. The zero-order valence-electron chi connectivity index (χ0n) is 10.5. The van der Waals surface area contributed by atoms with Crippen molar-refractivity contribution in [2.24, 2.45) is 0 Å². The maximum atomic E-state index is 6.01. The van der Waals surface area contributed by atoms with Crippen LogP contribution >= 0.6 is 11.3 Å². The molecule has 0 bridgehead atoms. The van der Waals surface area contributed by atoms with Crippen LogP contribution in [0.5, 0.6) is 0 Å². The van der Waals surface area contributed by atoms with Gasteiger partial charge in [-0.3, -0.25) is 4.68 Å². The van der Waals surface area contributed by atoms with Crippen LogP contribution in [-0.4, -0.2) is 14.8 Å². The van der Waals surface area contributed by atoms with E-state index in [9.17, 15) is 0 Å². The summed E-state index contributed by atoms with van der Waals surface area (Å²) in [6.45, 7) is 7.32. The molecule has 0 aliphatic heterocycles. The van der Waals surface area contributed by atoms with Crippen LogP contribution < -0.4 is 5.73 Å². The van der Waals surface area contributed by atoms with Crippen molar-refractivity contribution in [2.75, 3.05) is 5.73 Å². The molecule has 2 N–H and O–H groups in total. The predicted molar refractivity (Wildman–Crippen MR) is 72.1 cm³/mol. The first-order valence-electron chi connectivity index (χ1n) is 5.90. The van der Waals surface area contributed by atoms with Crippen LogP contribution in [0.4, 0.5) is 5.00 Å². The van der Waals surface area contributed by atoms with Gasteiger partial charge < -0.3 is 5.73 Å². The monoisotopic (exact) mass is 250 g/mol. The number of rotatable bonds is 4. The van der Waals surface area contributed by atoms with Gasteiger partial charge in [0.25, 0.3) is 0 Å². The number of nitrogen functional groups attached to an aromatic ring is 1. The molecule has 2 aromatic heterocycles. The highest BCUT2D eigenvalue weighted by atomic mass is 32.1. The Hall–Kier alpha value is -1.36. The zero-order valence-corrected chi connectivity index (χ0v) is 11.3. The first-order chi connectivity index (χ1) is 8.11. The molecule has 0 radical (unpaired) electrons. The van der Waals surface area contributed by atoms with E-state index in [-0.39, 0.29) is 0 Å². The highest BCUT2D eigenvalue weighted by molar-refractivity contribution is 7.16. The molecule has 0 amide bonds. The molecule has 2 rings (SSSR count). The molecule has 0 saturated heterocycles. The van der Waals surface area contributed by atoms with Crippen molar-refractivity contribution in [3.05, 3.63) is 17.4 Å². The summed E-state index contributed by atoms with van der Waals surface area (Å²) in [6, 6.07) is 0. The molecular weight excluding hydrogens is 232 g/mol. The van der Waals surface area contributed by atoms with E-state index in [0.717, 1.165) is 34.2 Å². The quantitative estimate of drug-likeness (QED) is 0.907. The fraction of sp³-hybridized carbons (Fsp3) is 0.500. The topological polar surface area (TPSA) is 56.7 Å². The smallest absolute Gasteiger partial charge is 0.114 e. The van der Waals surface area contributed by atoms with E-state index in [4.69, 9.17) is 5.73 Å². The molecule has 0 aromatic carbocycles. The summed E-state index contributed by atoms with van der Waals surface area (Å²) < 4.78 is 1.93. The Morgan fingerprint density at radius 1 is 1.47 bits per heavy atom. The summed E-state index contributed by atoms with van der Waals surface area (Å²) >= 11 is 1.57. The Morgan fingerprint density at radius 2 is 2.24 bits per heavy atom. The molecular formula is C12H18N4S. The number of nitrogens with two attached hydrogens (primary N) is 1. The average molecular weight is 250 g/mol. The number of anilines is 1. The second-order valence-corrected chi connectivity index (χ2v) is 5.47. The molecule has 2 aromatic rings. The van der Waals surface area contributed by atoms with Gasteiger partial charge in [-0.05, 0) is 6.42 Å². The Balaban J connectivity index is 2.31. The van der Waals surface area contributed by atoms with Gasteiger partial charge in [0.2, 0.25) is 0 Å². The van der Waals surface area contributed by atoms with Gasteiger partial charge in [-0.2, -0.15) is 5.10 Å². The molecule has 0 fully saturated rings. The van der Waals surface area contributed by atoms with Crippen LogP contribution in [0.15, 0.2) is 12.4 Å². The first kappa shape index (κ1) is 12.1. The van der Waals surface area contributed by atoms with E-state index in [1.54, 1.807) is 11.3 Å². The highest BCUT2D eigenvalue weighted by Gasteiger charge is 2.14. The van der Waals surface area contributed by atoms with Gasteiger partial charge in [-0.25, -0.2) is 4.98 Å². The third kappa shape index (κ3) is 2.49. The largest absolute Gasteiger partial charge is 0.389 e. The summed E-state index contributed by atoms with van der Waals surface area (Å²) in [5, 5.41) is 6.17. The minimum atomic E-state index is 0.418. The summed E-state index contributed by atoms with van der Waals surface area (Å²) in [6.07, 6.45) is 4.93. The summed E-state index contributed by atoms with van der Waals surface area (Å²) in [4.78, 5) is 4.59. The number of aromatic nitrogens is 3. The summed E-state index contributed by atoms with van der Waals surface area (Å²) in [5.74, 6) is 0.418. The van der Waals surface area contributed by atoms with Crippen LogP contribution in [0.3, 0.4) is 0 Å². The van der Waals surface area contributed by atoms with Gasteiger partial charge >= 0.3 is 0 Å². The fourth-order valence-corrected chi connectivity index (χ4v) is 2.50. The van der Waals surface area contributed by atoms with E-state index in [1.807, 2.05) is 17.1 Å². The lowest BCUT2D eigenvalue weighted by atomic mass is 10.2. The molecule has 0 aliphatic carbocycles. The highest BCUT2D eigenvalue weighted by Crippen LogP contribution is 2.33. The molecule has 0 saturated carbocycles. The fourth-order valence-electron chi connectivity index (χ4n) is 1.64. The van der Waals surface area contributed by atoms with Crippen molar-refractivity contribution in [2.45, 2.75) is 39.7 Å². The molecule has 0 atom stereocenters. The van der Waals surface area contributed by atoms with Gasteiger partial charge in [0.15, 0.2) is 0 Å². The lowest BCUT2D eigenvalue weighted by Crippen LogP contribution is -1.95. The molecule has 92 valence electrons. The minimum Gasteiger partial charge on any atom is -0.389 e. The maximum absolute atomic E-state index is 6.01. The summed E-state index contributed by atoms with van der Waals surface area (Å²) in [7, 11) is 0. The van der Waals surface area contributed by atoms with E-state index >= 15 is 0 Å². The van der Waals surface area contributed by atoms with Crippen molar-refractivity contribution in [3.8, 4) is 11.3 Å². The lowest BCUT2D eigenvalue weighted by molar-refractivity contribution is 0.603. The van der Waals surface area contributed by atoms with Crippen molar-refractivity contribution >= 4 is 16.3 Å². The van der Waals surface area contributed by atoms with Crippen molar-refractivity contribution in [1.29, 1.82) is 0 Å². The Morgan fingerprint density at radius 3 is 2.82 bits per heavy atom. The Kier molecular flexibility index (Phi) is 3.47. The minimum absolute atomic E-state index is 0.418. The third-order valence-corrected chi connectivity index (χ3v) is 3.71. The van der Waals surface area contributed by atoms with Gasteiger partial charge in [-0.15, -0.1) is 11.3 Å². The van der Waals surface area contributed by atoms with E-state index in [0.29, 0.717) is 5.92 Å². The predicted octanol–water partition coefficient (Wildman–Crippen LogP) is 3.12. The lowest BCUT2D eigenvalue weighted by Gasteiger charge is -1.96. The summed E-state index contributed by atoms with van der Waals surface area (Å²) in [5.41, 5.74) is 7.90. The van der Waals surface area contributed by atoms with Gasteiger partial charge in [0, 0.05) is 24.2 Å². The molecule has 0 unspecified atom stereocenters. The number of thiazole rings is 1. The molecule has 0 aliphatic rings. The Bertz CT molecular complexity index is 498. The van der Waals surface area contributed by atoms with Crippen LogP contribution in [0.1, 0.15) is 38.1 Å². The number of aryl methyl sites for hydroxylation is 1. The molecule has 2 heterocycles. The van der Waals surface area contributed by atoms with E-state index in [1.165, 1.54) is 0 Å². The number of hydrogen-bond acceptors (Lipinski definition) is 4. The van der Waals surface area contributed by atoms with Crippen molar-refractivity contribution < 1.29 is 0 Å². The van der Waals surface area contributed by atoms with Crippen molar-refractivity contribution in [1.82, 2.24) is 14.8 Å². The van der Waals surface area contributed by atoms with Gasteiger partial charge in [0.1, 0.15) is 10.7 Å². The molecule has 5 heteroatoms. The molecule has 17 heavy (non-hydrogen) atoms. The number of nitrogens with zero attached hydrogens (tertiary/aromatic N) is 3. The third-order valence-electron chi connectivity index (χ3n) is 2.52. The van der Waals surface area contributed by atoms with E-state index in [2.05, 4.69) is 30.9 Å². The number of hydrogen-bond donors (Lipinski definition) is 1. The van der Waals surface area contributed by atoms with Gasteiger partial charge in [0.05, 0.1) is 11.2 Å². The second kappa shape index (κ2) is 4.87. The van der Waals surface area contributed by atoms with Crippen LogP contribution in [0.2, 0.25) is 0 Å². The van der Waals surface area contributed by atoms with Crippen LogP contribution in [0.25, 0.3) is 11.3 Å². The maximum Gasteiger partial charge on any atom is 0.114 e. The van der Waals surface area contributed by atoms with E-state index < -0.39 is 0 Å². The first-order valence-corrected chi connectivity index (χ1v) is 6.72. The Labute approximate surface area is 105 Å². The SMILES string of the molecule is CCCn1cc(-c2nc(C(C)C)sc2N)cn1. The van der Waals surface area contributed by atoms with Crippen LogP contribution in [-0.2, 0) is 6.54 Å². The average Bonchev–Trinajstić information content (AvgIpc) is 2.85. The molecule has 0 spiro atoms. The second-order valence-electron chi connectivity index (χ2n) is 4.41. The van der Waals surface area contributed by atoms with Crippen molar-refractivity contribution in [3.63, 3.8) is 0 Å². The standard InChI is InChI=1S/C12H18N4S/c1-4-5-16-7-9(6-14-16)10-11(13)17-12(15-10)8(2)3/h6-8H,4-5,13H2,1-3H3. The molecule has 4 nitrogen and oxygen atoms in total. The zero-order chi connectivity index (χ0) is 12.4. The van der Waals surface area contributed by atoms with Gasteiger partial charge in [-0.1, -0.05) is 20.8 Å². The van der Waals surface area contributed by atoms with Crippen LogP contribution in [0, 0.1) is 0 Å².